The van der Waals surface area contributed by atoms with Gasteiger partial charge in [-0.25, -0.2) is 0 Å². The fraction of sp³-hybridized carbons (Fsp3) is 0.375. The lowest BCUT2D eigenvalue weighted by atomic mass is 10.0. The van der Waals surface area contributed by atoms with E-state index in [2.05, 4.69) is 11.9 Å². The topological polar surface area (TPSA) is 49.4 Å². The average molecular weight is 270 g/mol. The maximum atomic E-state index is 12.7. The molecule has 0 unspecified atom stereocenters. The molecule has 1 aromatic rings. The highest BCUT2D eigenvalue weighted by Crippen LogP contribution is 2.49. The van der Waals surface area contributed by atoms with E-state index in [0.717, 1.165) is 12.1 Å². The molecule has 3 rings (SSSR count). The second-order valence-electron chi connectivity index (χ2n) is 5.42. The molecule has 2 aliphatic rings. The molecule has 0 spiro atoms. The summed E-state index contributed by atoms with van der Waals surface area (Å²) in [6, 6.07) is 7.91. The van der Waals surface area contributed by atoms with Crippen LogP contribution in [0.3, 0.4) is 0 Å². The first-order chi connectivity index (χ1) is 9.69. The molecular weight excluding hydrogens is 252 g/mol. The van der Waals surface area contributed by atoms with Crippen molar-refractivity contribution in [2.75, 3.05) is 18.0 Å². The van der Waals surface area contributed by atoms with E-state index in [1.807, 2.05) is 24.3 Å². The number of rotatable bonds is 4. The van der Waals surface area contributed by atoms with Crippen molar-refractivity contribution in [3.8, 4) is 0 Å². The standard InChI is InChI=1S/C16H18N2O2/c1-2-10-17-14(19)16(8-9-16)15(20)18-11-7-12-5-3-4-6-13(12)18/h2-6H,1,7-11H2,(H,17,19). The maximum Gasteiger partial charge on any atom is 0.242 e. The number of carbonyl (C=O) groups excluding carboxylic acids is 2. The highest BCUT2D eigenvalue weighted by atomic mass is 16.2. The predicted molar refractivity (Wildman–Crippen MR) is 77.4 cm³/mol. The number of nitrogens with zero attached hydrogens (tertiary/aromatic N) is 1. The van der Waals surface area contributed by atoms with Gasteiger partial charge < -0.3 is 10.2 Å². The Bertz CT molecular complexity index is 576. The van der Waals surface area contributed by atoms with Crippen LogP contribution in [-0.4, -0.2) is 24.9 Å². The Labute approximate surface area is 118 Å². The molecule has 0 radical (unpaired) electrons. The molecule has 0 bridgehead atoms. The third kappa shape index (κ3) is 1.92. The number of carbonyl (C=O) groups is 2. The number of amides is 2. The minimum absolute atomic E-state index is 0.0518. The summed E-state index contributed by atoms with van der Waals surface area (Å²) in [5, 5.41) is 2.76. The van der Waals surface area contributed by atoms with Crippen molar-refractivity contribution >= 4 is 17.5 Å². The zero-order valence-corrected chi connectivity index (χ0v) is 11.4. The molecule has 20 heavy (non-hydrogen) atoms. The number of hydrogen-bond donors (Lipinski definition) is 1. The summed E-state index contributed by atoms with van der Waals surface area (Å²) in [4.78, 5) is 26.7. The van der Waals surface area contributed by atoms with Crippen LogP contribution in [0.2, 0.25) is 0 Å². The molecule has 1 aliphatic carbocycles. The first-order valence-corrected chi connectivity index (χ1v) is 6.98. The van der Waals surface area contributed by atoms with Crippen LogP contribution in [-0.2, 0) is 16.0 Å². The molecule has 1 saturated carbocycles. The van der Waals surface area contributed by atoms with Crippen LogP contribution in [0, 0.1) is 5.41 Å². The van der Waals surface area contributed by atoms with Crippen molar-refractivity contribution < 1.29 is 9.59 Å². The van der Waals surface area contributed by atoms with Crippen LogP contribution in [0.25, 0.3) is 0 Å². The summed E-state index contributed by atoms with van der Waals surface area (Å²) < 4.78 is 0. The fourth-order valence-electron chi connectivity index (χ4n) is 2.80. The van der Waals surface area contributed by atoms with Gasteiger partial charge >= 0.3 is 0 Å². The Hall–Kier alpha value is -2.10. The first-order valence-electron chi connectivity index (χ1n) is 6.98. The molecule has 1 N–H and O–H groups in total. The van der Waals surface area contributed by atoms with Crippen molar-refractivity contribution in [1.82, 2.24) is 5.32 Å². The molecule has 2 amide bonds. The summed E-state index contributed by atoms with van der Waals surface area (Å²) in [7, 11) is 0. The predicted octanol–water partition coefficient (Wildman–Crippen LogP) is 1.66. The van der Waals surface area contributed by atoms with E-state index >= 15 is 0 Å². The highest BCUT2D eigenvalue weighted by molar-refractivity contribution is 6.14. The fourth-order valence-corrected chi connectivity index (χ4v) is 2.80. The Morgan fingerprint density at radius 1 is 1.35 bits per heavy atom. The largest absolute Gasteiger partial charge is 0.352 e. The van der Waals surface area contributed by atoms with E-state index in [4.69, 9.17) is 0 Å². The Morgan fingerprint density at radius 2 is 2.10 bits per heavy atom. The number of benzene rings is 1. The van der Waals surface area contributed by atoms with E-state index in [-0.39, 0.29) is 11.8 Å². The number of para-hydroxylation sites is 1. The van der Waals surface area contributed by atoms with Gasteiger partial charge in [-0.15, -0.1) is 6.58 Å². The van der Waals surface area contributed by atoms with Crippen LogP contribution in [0.15, 0.2) is 36.9 Å². The molecule has 1 aromatic carbocycles. The minimum atomic E-state index is -0.833. The normalized spacial score (nSPS) is 18.3. The van der Waals surface area contributed by atoms with Gasteiger partial charge in [0.2, 0.25) is 11.8 Å². The van der Waals surface area contributed by atoms with Gasteiger partial charge in [0.15, 0.2) is 0 Å². The number of nitrogens with one attached hydrogen (secondary N) is 1. The lowest BCUT2D eigenvalue weighted by molar-refractivity contribution is -0.135. The SMILES string of the molecule is C=CCNC(=O)C1(C(=O)N2CCc3ccccc32)CC1. The molecule has 1 fully saturated rings. The van der Waals surface area contributed by atoms with Gasteiger partial charge in [0.05, 0.1) is 0 Å². The monoisotopic (exact) mass is 270 g/mol. The number of hydrogen-bond acceptors (Lipinski definition) is 2. The molecule has 4 nitrogen and oxygen atoms in total. The summed E-state index contributed by atoms with van der Waals surface area (Å²) in [5.41, 5.74) is 1.31. The van der Waals surface area contributed by atoms with Crippen LogP contribution in [0.5, 0.6) is 0 Å². The third-order valence-electron chi connectivity index (χ3n) is 4.13. The van der Waals surface area contributed by atoms with Gasteiger partial charge in [-0.05, 0) is 30.9 Å². The van der Waals surface area contributed by atoms with Crippen LogP contribution < -0.4 is 10.2 Å². The minimum Gasteiger partial charge on any atom is -0.352 e. The van der Waals surface area contributed by atoms with E-state index in [1.165, 1.54) is 5.56 Å². The van der Waals surface area contributed by atoms with E-state index in [1.54, 1.807) is 11.0 Å². The Balaban J connectivity index is 1.80. The van der Waals surface area contributed by atoms with Gasteiger partial charge in [-0.1, -0.05) is 24.3 Å². The number of fused-ring (bicyclic) bond motifs is 1. The first kappa shape index (κ1) is 12.9. The second kappa shape index (κ2) is 4.78. The molecular formula is C16H18N2O2. The van der Waals surface area contributed by atoms with Crippen molar-refractivity contribution in [3.63, 3.8) is 0 Å². The molecule has 0 atom stereocenters. The molecule has 1 heterocycles. The van der Waals surface area contributed by atoms with E-state index < -0.39 is 5.41 Å². The smallest absolute Gasteiger partial charge is 0.242 e. The zero-order valence-electron chi connectivity index (χ0n) is 11.4. The maximum absolute atomic E-state index is 12.7. The molecule has 0 aromatic heterocycles. The highest BCUT2D eigenvalue weighted by Gasteiger charge is 2.58. The molecule has 104 valence electrons. The van der Waals surface area contributed by atoms with Crippen molar-refractivity contribution in [3.05, 3.63) is 42.5 Å². The quantitative estimate of drug-likeness (QED) is 0.668. The summed E-state index contributed by atoms with van der Waals surface area (Å²) >= 11 is 0. The van der Waals surface area contributed by atoms with Crippen LogP contribution >= 0.6 is 0 Å². The Morgan fingerprint density at radius 3 is 2.80 bits per heavy atom. The van der Waals surface area contributed by atoms with E-state index in [0.29, 0.717) is 25.9 Å². The van der Waals surface area contributed by atoms with Gasteiger partial charge in [-0.3, -0.25) is 9.59 Å². The lowest BCUT2D eigenvalue weighted by Gasteiger charge is -2.23. The summed E-state index contributed by atoms with van der Waals surface area (Å²) in [5.74, 6) is -0.212. The molecule has 4 heteroatoms. The number of anilines is 1. The van der Waals surface area contributed by atoms with Crippen LogP contribution in [0.1, 0.15) is 18.4 Å². The lowest BCUT2D eigenvalue weighted by Crippen LogP contribution is -2.45. The van der Waals surface area contributed by atoms with Gasteiger partial charge in [0, 0.05) is 18.8 Å². The zero-order chi connectivity index (χ0) is 14.2. The van der Waals surface area contributed by atoms with Crippen LogP contribution in [0.4, 0.5) is 5.69 Å². The van der Waals surface area contributed by atoms with Gasteiger partial charge in [-0.2, -0.15) is 0 Å². The third-order valence-corrected chi connectivity index (χ3v) is 4.13. The van der Waals surface area contributed by atoms with Crippen molar-refractivity contribution in [1.29, 1.82) is 0 Å². The van der Waals surface area contributed by atoms with Gasteiger partial charge in [0.25, 0.3) is 0 Å². The van der Waals surface area contributed by atoms with Crippen molar-refractivity contribution in [2.45, 2.75) is 19.3 Å². The average Bonchev–Trinajstić information content (AvgIpc) is 3.18. The summed E-state index contributed by atoms with van der Waals surface area (Å²) in [6.07, 6.45) is 3.79. The van der Waals surface area contributed by atoms with E-state index in [9.17, 15) is 9.59 Å². The van der Waals surface area contributed by atoms with Crippen molar-refractivity contribution in [2.24, 2.45) is 5.41 Å². The molecule has 1 aliphatic heterocycles. The molecule has 0 saturated heterocycles. The second-order valence-corrected chi connectivity index (χ2v) is 5.42. The summed E-state index contributed by atoms with van der Waals surface area (Å²) in [6.45, 7) is 4.66. The Kier molecular flexibility index (Phi) is 3.08. The van der Waals surface area contributed by atoms with Gasteiger partial charge in [0.1, 0.15) is 5.41 Å².